The lowest BCUT2D eigenvalue weighted by Gasteiger charge is -2.20. The van der Waals surface area contributed by atoms with Gasteiger partial charge >= 0.3 is 0 Å². The molecule has 1 N–H and O–H groups in total. The standard InChI is InChI=1S/C28H22FN3O/c29-22-14-10-20(11-15-22)18-26(33)32-28-25(16-12-19-6-2-1-3-7-19)30-27-23-9-5-4-8-21(23)13-17-24(27)31-28/h1-12,14-16H,13,17-18H2,(H,31,32,33). The predicted molar refractivity (Wildman–Crippen MR) is 129 cm³/mol. The van der Waals surface area contributed by atoms with E-state index in [2.05, 4.69) is 17.4 Å². The molecule has 33 heavy (non-hydrogen) atoms. The van der Waals surface area contributed by atoms with Crippen LogP contribution in [0.25, 0.3) is 23.4 Å². The summed E-state index contributed by atoms with van der Waals surface area (Å²) in [5.74, 6) is -0.109. The fourth-order valence-electron chi connectivity index (χ4n) is 4.01. The van der Waals surface area contributed by atoms with Crippen molar-refractivity contribution in [1.29, 1.82) is 0 Å². The first-order chi connectivity index (χ1) is 16.2. The Morgan fingerprint density at radius 3 is 2.45 bits per heavy atom. The van der Waals surface area contributed by atoms with Gasteiger partial charge in [0.2, 0.25) is 5.91 Å². The first kappa shape index (κ1) is 20.8. The molecule has 5 heteroatoms. The molecule has 0 atom stereocenters. The van der Waals surface area contributed by atoms with Gasteiger partial charge < -0.3 is 5.32 Å². The second-order valence-electron chi connectivity index (χ2n) is 8.01. The molecule has 4 nitrogen and oxygen atoms in total. The highest BCUT2D eigenvalue weighted by Crippen LogP contribution is 2.33. The Hall–Kier alpha value is -4.12. The largest absolute Gasteiger partial charge is 0.309 e. The van der Waals surface area contributed by atoms with Crippen LogP contribution < -0.4 is 5.32 Å². The third kappa shape index (κ3) is 4.72. The number of anilines is 1. The molecule has 1 heterocycles. The maximum absolute atomic E-state index is 13.2. The number of carbonyl (C=O) groups excluding carboxylic acids is 1. The maximum Gasteiger partial charge on any atom is 0.230 e. The van der Waals surface area contributed by atoms with Crippen LogP contribution in [0.2, 0.25) is 0 Å². The van der Waals surface area contributed by atoms with E-state index in [1.165, 1.54) is 17.7 Å². The fraction of sp³-hybridized carbons (Fsp3) is 0.107. The van der Waals surface area contributed by atoms with Gasteiger partial charge in [-0.15, -0.1) is 0 Å². The van der Waals surface area contributed by atoms with Crippen LogP contribution in [0.15, 0.2) is 78.9 Å². The van der Waals surface area contributed by atoms with Crippen LogP contribution in [0.4, 0.5) is 10.2 Å². The van der Waals surface area contributed by atoms with E-state index in [9.17, 15) is 9.18 Å². The monoisotopic (exact) mass is 435 g/mol. The Labute approximate surface area is 191 Å². The lowest BCUT2D eigenvalue weighted by molar-refractivity contribution is -0.115. The van der Waals surface area contributed by atoms with E-state index in [1.807, 2.05) is 54.6 Å². The zero-order chi connectivity index (χ0) is 22.6. The van der Waals surface area contributed by atoms with Crippen molar-refractivity contribution < 1.29 is 9.18 Å². The molecule has 4 aromatic rings. The van der Waals surface area contributed by atoms with E-state index >= 15 is 0 Å². The van der Waals surface area contributed by atoms with Crippen LogP contribution in [0.3, 0.4) is 0 Å². The number of carbonyl (C=O) groups is 1. The van der Waals surface area contributed by atoms with Crippen molar-refractivity contribution in [2.24, 2.45) is 0 Å². The average molecular weight is 436 g/mol. The molecule has 1 aliphatic rings. The number of nitrogens with zero attached hydrogens (tertiary/aromatic N) is 2. The Morgan fingerprint density at radius 2 is 1.64 bits per heavy atom. The summed E-state index contributed by atoms with van der Waals surface area (Å²) in [4.78, 5) is 22.5. The van der Waals surface area contributed by atoms with Gasteiger partial charge in [-0.1, -0.05) is 72.8 Å². The second-order valence-corrected chi connectivity index (χ2v) is 8.01. The molecule has 1 aromatic heterocycles. The zero-order valence-corrected chi connectivity index (χ0v) is 18.0. The predicted octanol–water partition coefficient (Wildman–Crippen LogP) is 5.73. The van der Waals surface area contributed by atoms with E-state index in [4.69, 9.17) is 9.97 Å². The highest BCUT2D eigenvalue weighted by molar-refractivity contribution is 5.93. The molecule has 0 radical (unpaired) electrons. The molecule has 1 aliphatic carbocycles. The van der Waals surface area contributed by atoms with Gasteiger partial charge in [-0.3, -0.25) is 4.79 Å². The summed E-state index contributed by atoms with van der Waals surface area (Å²) >= 11 is 0. The molecular formula is C28H22FN3O. The zero-order valence-electron chi connectivity index (χ0n) is 18.0. The fourth-order valence-corrected chi connectivity index (χ4v) is 4.01. The van der Waals surface area contributed by atoms with Crippen molar-refractivity contribution in [3.63, 3.8) is 0 Å². The van der Waals surface area contributed by atoms with Crippen molar-refractivity contribution in [3.8, 4) is 11.3 Å². The minimum absolute atomic E-state index is 0.129. The molecule has 0 fully saturated rings. The van der Waals surface area contributed by atoms with Crippen molar-refractivity contribution in [1.82, 2.24) is 9.97 Å². The van der Waals surface area contributed by atoms with Crippen LogP contribution >= 0.6 is 0 Å². The Bertz CT molecular complexity index is 1330. The molecule has 0 unspecified atom stereocenters. The number of aromatic nitrogens is 2. The number of nitrogens with one attached hydrogen (secondary N) is 1. The van der Waals surface area contributed by atoms with Gasteiger partial charge in [0.1, 0.15) is 11.5 Å². The van der Waals surface area contributed by atoms with E-state index in [1.54, 1.807) is 12.1 Å². The summed E-state index contributed by atoms with van der Waals surface area (Å²) in [6, 6.07) is 24.1. The molecule has 1 amide bonds. The maximum atomic E-state index is 13.2. The second kappa shape index (κ2) is 9.17. The Kier molecular flexibility index (Phi) is 5.77. The van der Waals surface area contributed by atoms with E-state index in [0.29, 0.717) is 11.5 Å². The molecule has 0 spiro atoms. The first-order valence-electron chi connectivity index (χ1n) is 10.9. The van der Waals surface area contributed by atoms with Gasteiger partial charge in [-0.25, -0.2) is 14.4 Å². The van der Waals surface area contributed by atoms with E-state index in [-0.39, 0.29) is 18.1 Å². The lowest BCUT2D eigenvalue weighted by atomic mass is 9.92. The molecule has 5 rings (SSSR count). The molecule has 162 valence electrons. The third-order valence-corrected chi connectivity index (χ3v) is 5.67. The number of benzene rings is 3. The molecule has 0 aliphatic heterocycles. The summed E-state index contributed by atoms with van der Waals surface area (Å²) in [5.41, 5.74) is 6.44. The molecule has 0 saturated heterocycles. The Balaban J connectivity index is 1.50. The number of fused-ring (bicyclic) bond motifs is 3. The van der Waals surface area contributed by atoms with Gasteiger partial charge in [-0.2, -0.15) is 0 Å². The number of hydrogen-bond acceptors (Lipinski definition) is 3. The van der Waals surface area contributed by atoms with Gasteiger partial charge in [-0.05, 0) is 47.7 Å². The molecule has 0 saturated carbocycles. The van der Waals surface area contributed by atoms with Crippen molar-refractivity contribution in [2.75, 3.05) is 5.32 Å². The van der Waals surface area contributed by atoms with Crippen LogP contribution in [-0.4, -0.2) is 15.9 Å². The molecule has 0 bridgehead atoms. The quantitative estimate of drug-likeness (QED) is 0.435. The number of halogens is 1. The van der Waals surface area contributed by atoms with Crippen molar-refractivity contribution in [2.45, 2.75) is 19.3 Å². The highest BCUT2D eigenvalue weighted by atomic mass is 19.1. The first-order valence-corrected chi connectivity index (χ1v) is 10.9. The van der Waals surface area contributed by atoms with Crippen LogP contribution in [0, 0.1) is 5.82 Å². The molecular weight excluding hydrogens is 413 g/mol. The summed E-state index contributed by atoms with van der Waals surface area (Å²) < 4.78 is 13.2. The van der Waals surface area contributed by atoms with Gasteiger partial charge in [0.15, 0.2) is 5.82 Å². The van der Waals surface area contributed by atoms with E-state index in [0.717, 1.165) is 40.9 Å². The Morgan fingerprint density at radius 1 is 0.879 bits per heavy atom. The highest BCUT2D eigenvalue weighted by Gasteiger charge is 2.21. The topological polar surface area (TPSA) is 54.9 Å². The number of rotatable bonds is 5. The third-order valence-electron chi connectivity index (χ3n) is 5.67. The molecule has 3 aromatic carbocycles. The summed E-state index contributed by atoms with van der Waals surface area (Å²) in [6.07, 6.45) is 5.63. The van der Waals surface area contributed by atoms with E-state index < -0.39 is 0 Å². The lowest BCUT2D eigenvalue weighted by Crippen LogP contribution is -2.19. The van der Waals surface area contributed by atoms with Gasteiger partial charge in [0.25, 0.3) is 0 Å². The minimum atomic E-state index is -0.326. The van der Waals surface area contributed by atoms with Crippen molar-refractivity contribution >= 4 is 23.9 Å². The minimum Gasteiger partial charge on any atom is -0.309 e. The van der Waals surface area contributed by atoms with Gasteiger partial charge in [0, 0.05) is 5.56 Å². The normalized spacial score (nSPS) is 12.3. The van der Waals surface area contributed by atoms with Gasteiger partial charge in [0.05, 0.1) is 17.8 Å². The smallest absolute Gasteiger partial charge is 0.230 e. The average Bonchev–Trinajstić information content (AvgIpc) is 2.84. The number of aryl methyl sites for hydroxylation is 2. The number of hydrogen-bond donors (Lipinski definition) is 1. The summed E-state index contributed by atoms with van der Waals surface area (Å²) in [7, 11) is 0. The van der Waals surface area contributed by atoms with Crippen LogP contribution in [-0.2, 0) is 24.1 Å². The van der Waals surface area contributed by atoms with Crippen LogP contribution in [0.5, 0.6) is 0 Å². The summed E-state index contributed by atoms with van der Waals surface area (Å²) in [6.45, 7) is 0. The number of amides is 1. The van der Waals surface area contributed by atoms with Crippen molar-refractivity contribution in [3.05, 3.63) is 113 Å². The summed E-state index contributed by atoms with van der Waals surface area (Å²) in [5, 5.41) is 2.93. The SMILES string of the molecule is O=C(Cc1ccc(F)cc1)Nc1nc2c(nc1C=Cc1ccccc1)-c1ccccc1CC2. The van der Waals surface area contributed by atoms with Crippen LogP contribution in [0.1, 0.15) is 28.1 Å².